The van der Waals surface area contributed by atoms with Gasteiger partial charge in [-0.2, -0.15) is 0 Å². The molecule has 8 nitrogen and oxygen atoms in total. The van der Waals surface area contributed by atoms with Gasteiger partial charge in [0.15, 0.2) is 11.5 Å². The van der Waals surface area contributed by atoms with Gasteiger partial charge in [-0.05, 0) is 48.7 Å². The van der Waals surface area contributed by atoms with E-state index in [2.05, 4.69) is 9.97 Å². The van der Waals surface area contributed by atoms with Gasteiger partial charge in [-0.15, -0.1) is 0 Å². The number of halogens is 1. The Bertz CT molecular complexity index is 1170. The molecular weight excluding hydrogens is 446 g/mol. The van der Waals surface area contributed by atoms with Crippen LogP contribution in [0.1, 0.15) is 31.2 Å². The minimum atomic E-state index is -0.256. The third kappa shape index (κ3) is 5.76. The summed E-state index contributed by atoms with van der Waals surface area (Å²) in [5.74, 6) is 1.97. The Morgan fingerprint density at radius 2 is 1.79 bits per heavy atom. The van der Waals surface area contributed by atoms with Crippen molar-refractivity contribution in [2.75, 3.05) is 27.9 Å². The van der Waals surface area contributed by atoms with Crippen molar-refractivity contribution >= 4 is 28.4 Å². The highest BCUT2D eigenvalue weighted by atomic mass is 35.5. The smallest absolute Gasteiger partial charge is 0.258 e. The molecule has 0 fully saturated rings. The number of hydrogen-bond donors (Lipinski definition) is 1. The number of hydrogen-bond acceptors (Lipinski definition) is 6. The Morgan fingerprint density at radius 3 is 2.39 bits per heavy atom. The molecule has 0 unspecified atom stereocenters. The van der Waals surface area contributed by atoms with Crippen LogP contribution in [0.25, 0.3) is 10.9 Å². The average molecular weight is 474 g/mol. The Labute approximate surface area is 197 Å². The first-order valence-electron chi connectivity index (χ1n) is 10.6. The highest BCUT2D eigenvalue weighted by molar-refractivity contribution is 6.31. The topological polar surface area (TPSA) is 93.8 Å². The molecule has 9 heteroatoms. The lowest BCUT2D eigenvalue weighted by molar-refractivity contribution is -0.131. The van der Waals surface area contributed by atoms with Gasteiger partial charge in [0.25, 0.3) is 5.56 Å². The van der Waals surface area contributed by atoms with Gasteiger partial charge in [-0.25, -0.2) is 4.98 Å². The monoisotopic (exact) mass is 473 g/mol. The molecule has 0 bridgehead atoms. The average Bonchev–Trinajstić information content (AvgIpc) is 2.81. The number of aromatic nitrogens is 2. The second-order valence-electron chi connectivity index (χ2n) is 7.52. The molecule has 0 aliphatic rings. The fraction of sp³-hybridized carbons (Fsp3) is 0.375. The van der Waals surface area contributed by atoms with E-state index < -0.39 is 0 Å². The number of carbonyl (C=O) groups is 1. The van der Waals surface area contributed by atoms with Crippen molar-refractivity contribution in [1.82, 2.24) is 14.9 Å². The molecule has 0 aliphatic carbocycles. The summed E-state index contributed by atoms with van der Waals surface area (Å²) in [5, 5.41) is 0.956. The molecule has 0 aliphatic heterocycles. The zero-order valence-electron chi connectivity index (χ0n) is 19.2. The van der Waals surface area contributed by atoms with Crippen molar-refractivity contribution in [3.63, 3.8) is 0 Å². The van der Waals surface area contributed by atoms with Gasteiger partial charge in [-0.3, -0.25) is 9.59 Å². The molecule has 0 saturated carbocycles. The van der Waals surface area contributed by atoms with Crippen LogP contribution >= 0.6 is 11.6 Å². The van der Waals surface area contributed by atoms with Gasteiger partial charge in [0.2, 0.25) is 11.7 Å². The zero-order valence-corrected chi connectivity index (χ0v) is 20.0. The van der Waals surface area contributed by atoms with Crippen molar-refractivity contribution < 1.29 is 19.0 Å². The molecule has 1 amide bonds. The number of methoxy groups -OCH3 is 3. The lowest BCUT2D eigenvalue weighted by Crippen LogP contribution is -2.33. The number of benzene rings is 2. The molecular formula is C24H28ClN3O5. The molecule has 1 N–H and O–H groups in total. The highest BCUT2D eigenvalue weighted by Crippen LogP contribution is 2.38. The number of aromatic amines is 1. The quantitative estimate of drug-likeness (QED) is 0.478. The summed E-state index contributed by atoms with van der Waals surface area (Å²) < 4.78 is 16.1. The third-order valence-electron chi connectivity index (χ3n) is 5.26. The summed E-state index contributed by atoms with van der Waals surface area (Å²) >= 11 is 6.05. The van der Waals surface area contributed by atoms with Gasteiger partial charge in [0, 0.05) is 18.0 Å². The molecule has 2 aromatic carbocycles. The summed E-state index contributed by atoms with van der Waals surface area (Å²) in [6.45, 7) is 2.75. The van der Waals surface area contributed by atoms with Crippen molar-refractivity contribution in [3.05, 3.63) is 57.1 Å². The molecule has 0 atom stereocenters. The van der Waals surface area contributed by atoms with Crippen LogP contribution in [-0.2, 0) is 17.8 Å². The van der Waals surface area contributed by atoms with Crippen LogP contribution in [0.2, 0.25) is 5.02 Å². The third-order valence-corrected chi connectivity index (χ3v) is 5.49. The molecule has 3 aromatic rings. The van der Waals surface area contributed by atoms with E-state index in [9.17, 15) is 9.59 Å². The number of fused-ring (bicyclic) bond motifs is 1. The normalized spacial score (nSPS) is 10.8. The van der Waals surface area contributed by atoms with Crippen molar-refractivity contribution in [2.45, 2.75) is 32.7 Å². The predicted molar refractivity (Wildman–Crippen MR) is 128 cm³/mol. The Kier molecular flexibility index (Phi) is 8.16. The standard InChI is InChI=1S/C24H28ClN3O5/c1-5-10-28(14-21-26-18-13-16(25)7-8-17(18)24(30)27-21)22(29)9-6-15-11-19(31-2)23(33-4)20(12-15)32-3/h7-8,11-13H,5-6,9-10,14H2,1-4H3,(H,26,27,30). The molecule has 33 heavy (non-hydrogen) atoms. The number of carbonyl (C=O) groups excluding carboxylic acids is 1. The van der Waals surface area contributed by atoms with Gasteiger partial charge in [0.05, 0.1) is 38.8 Å². The van der Waals surface area contributed by atoms with Crippen molar-refractivity contribution in [2.24, 2.45) is 0 Å². The summed E-state index contributed by atoms with van der Waals surface area (Å²) in [6.07, 6.45) is 1.55. The molecule has 176 valence electrons. The highest BCUT2D eigenvalue weighted by Gasteiger charge is 2.18. The molecule has 1 heterocycles. The SMILES string of the molecule is CCCN(Cc1nc2cc(Cl)ccc2c(=O)[nH]1)C(=O)CCc1cc(OC)c(OC)c(OC)c1. The van der Waals surface area contributed by atoms with Crippen molar-refractivity contribution in [3.8, 4) is 17.2 Å². The molecule has 0 saturated heterocycles. The second-order valence-corrected chi connectivity index (χ2v) is 7.96. The van der Waals surface area contributed by atoms with E-state index in [1.807, 2.05) is 19.1 Å². The lowest BCUT2D eigenvalue weighted by Gasteiger charge is -2.22. The summed E-state index contributed by atoms with van der Waals surface area (Å²) in [6, 6.07) is 8.61. The Morgan fingerprint density at radius 1 is 1.09 bits per heavy atom. The van der Waals surface area contributed by atoms with Crippen LogP contribution in [0.5, 0.6) is 17.2 Å². The maximum atomic E-state index is 13.0. The van der Waals surface area contributed by atoms with E-state index in [1.54, 1.807) is 44.4 Å². The van der Waals surface area contributed by atoms with Crippen LogP contribution in [0.4, 0.5) is 0 Å². The molecule has 3 rings (SSSR count). The van der Waals surface area contributed by atoms with Gasteiger partial charge >= 0.3 is 0 Å². The van der Waals surface area contributed by atoms with E-state index in [-0.39, 0.29) is 24.4 Å². The van der Waals surface area contributed by atoms with E-state index in [0.717, 1.165) is 12.0 Å². The minimum Gasteiger partial charge on any atom is -0.493 e. The lowest BCUT2D eigenvalue weighted by atomic mass is 10.1. The van der Waals surface area contributed by atoms with Gasteiger partial charge in [-0.1, -0.05) is 18.5 Å². The number of H-pyrrole nitrogens is 1. The zero-order chi connectivity index (χ0) is 24.0. The summed E-state index contributed by atoms with van der Waals surface area (Å²) in [7, 11) is 4.66. The number of aryl methyl sites for hydroxylation is 1. The number of amides is 1. The van der Waals surface area contributed by atoms with E-state index >= 15 is 0 Å². The maximum Gasteiger partial charge on any atom is 0.258 e. The number of nitrogens with zero attached hydrogens (tertiary/aromatic N) is 2. The minimum absolute atomic E-state index is 0.0422. The molecule has 0 radical (unpaired) electrons. The first kappa shape index (κ1) is 24.4. The number of rotatable bonds is 10. The second kappa shape index (κ2) is 11.0. The fourth-order valence-corrected chi connectivity index (χ4v) is 3.83. The first-order chi connectivity index (χ1) is 15.9. The maximum absolute atomic E-state index is 13.0. The Balaban J connectivity index is 1.77. The molecule has 0 spiro atoms. The van der Waals surface area contributed by atoms with Gasteiger partial charge < -0.3 is 24.1 Å². The van der Waals surface area contributed by atoms with Crippen LogP contribution in [0, 0.1) is 0 Å². The number of nitrogens with one attached hydrogen (secondary N) is 1. The molecule has 1 aromatic heterocycles. The van der Waals surface area contributed by atoms with Crippen LogP contribution < -0.4 is 19.8 Å². The summed E-state index contributed by atoms with van der Waals surface area (Å²) in [4.78, 5) is 34.5. The largest absolute Gasteiger partial charge is 0.493 e. The van der Waals surface area contributed by atoms with E-state index in [4.69, 9.17) is 25.8 Å². The van der Waals surface area contributed by atoms with Crippen molar-refractivity contribution in [1.29, 1.82) is 0 Å². The number of ether oxygens (including phenoxy) is 3. The first-order valence-corrected chi connectivity index (χ1v) is 11.0. The van der Waals surface area contributed by atoms with Crippen LogP contribution in [0.3, 0.4) is 0 Å². The van der Waals surface area contributed by atoms with E-state index in [0.29, 0.717) is 52.0 Å². The van der Waals surface area contributed by atoms with E-state index in [1.165, 1.54) is 0 Å². The predicted octanol–water partition coefficient (Wildman–Crippen LogP) is 3.97. The van der Waals surface area contributed by atoms with Gasteiger partial charge in [0.1, 0.15) is 5.82 Å². The summed E-state index contributed by atoms with van der Waals surface area (Å²) in [5.41, 5.74) is 1.14. The van der Waals surface area contributed by atoms with Crippen LogP contribution in [0.15, 0.2) is 35.1 Å². The fourth-order valence-electron chi connectivity index (χ4n) is 3.67. The van der Waals surface area contributed by atoms with Crippen LogP contribution in [-0.4, -0.2) is 48.6 Å². The Hall–Kier alpha value is -3.26.